The summed E-state index contributed by atoms with van der Waals surface area (Å²) in [6.07, 6.45) is 4.05. The van der Waals surface area contributed by atoms with Crippen LogP contribution in [0.15, 0.2) is 23.1 Å². The van der Waals surface area contributed by atoms with Gasteiger partial charge in [-0.3, -0.25) is 10.1 Å². The topological polar surface area (TPSA) is 115 Å². The molecular weight excluding hydrogens is 294 g/mol. The number of para-hydroxylation sites is 1. The Bertz CT molecular complexity index is 689. The van der Waals surface area contributed by atoms with Crippen LogP contribution >= 0.6 is 0 Å². The second-order valence-corrected chi connectivity index (χ2v) is 7.54. The fourth-order valence-corrected chi connectivity index (χ4v) is 5.12. The van der Waals surface area contributed by atoms with Crippen molar-refractivity contribution in [3.05, 3.63) is 28.3 Å². The molecule has 1 aromatic carbocycles. The van der Waals surface area contributed by atoms with Gasteiger partial charge in [-0.2, -0.15) is 0 Å². The van der Waals surface area contributed by atoms with Crippen molar-refractivity contribution in [2.24, 2.45) is 11.8 Å². The van der Waals surface area contributed by atoms with Gasteiger partial charge in [-0.1, -0.05) is 12.5 Å². The summed E-state index contributed by atoms with van der Waals surface area (Å²) in [5.41, 5.74) is 4.86. The average molecular weight is 311 g/mol. The molecule has 0 saturated heterocycles. The number of benzene rings is 1. The maximum absolute atomic E-state index is 12.5. The SMILES string of the molecule is Nc1cccc(S(=O)(=O)NC2CC3CCC2C3)c1[N+](=O)[O-]. The summed E-state index contributed by atoms with van der Waals surface area (Å²) >= 11 is 0. The van der Waals surface area contributed by atoms with Crippen molar-refractivity contribution in [1.29, 1.82) is 0 Å². The van der Waals surface area contributed by atoms with Gasteiger partial charge in [-0.15, -0.1) is 0 Å². The van der Waals surface area contributed by atoms with E-state index in [2.05, 4.69) is 4.72 Å². The van der Waals surface area contributed by atoms with E-state index in [0.717, 1.165) is 25.7 Å². The number of fused-ring (bicyclic) bond motifs is 2. The van der Waals surface area contributed by atoms with Crippen LogP contribution < -0.4 is 10.5 Å². The van der Waals surface area contributed by atoms with Gasteiger partial charge in [-0.05, 0) is 43.2 Å². The van der Waals surface area contributed by atoms with Gasteiger partial charge in [0.2, 0.25) is 10.0 Å². The standard InChI is InChI=1S/C13H17N3O4S/c14-10-2-1-3-12(13(10)16(17)18)21(19,20)15-11-7-8-4-5-9(11)6-8/h1-3,8-9,11,15H,4-7,14H2. The van der Waals surface area contributed by atoms with Crippen LogP contribution in [0.3, 0.4) is 0 Å². The number of nitrogens with one attached hydrogen (secondary N) is 1. The second kappa shape index (κ2) is 4.96. The molecule has 0 radical (unpaired) electrons. The highest BCUT2D eigenvalue weighted by molar-refractivity contribution is 7.89. The predicted octanol–water partition coefficient (Wildman–Crippen LogP) is 1.64. The lowest BCUT2D eigenvalue weighted by Crippen LogP contribution is -2.38. The minimum absolute atomic E-state index is 0.116. The van der Waals surface area contributed by atoms with Crippen molar-refractivity contribution >= 4 is 21.4 Å². The van der Waals surface area contributed by atoms with Crippen LogP contribution in [0.25, 0.3) is 0 Å². The third-order valence-corrected chi connectivity index (χ3v) is 6.07. The number of nitro groups is 1. The Morgan fingerprint density at radius 1 is 1.29 bits per heavy atom. The number of hydrogen-bond acceptors (Lipinski definition) is 5. The molecule has 2 aliphatic rings. The highest BCUT2D eigenvalue weighted by Gasteiger charge is 2.42. The number of sulfonamides is 1. The van der Waals surface area contributed by atoms with Crippen molar-refractivity contribution in [2.75, 3.05) is 5.73 Å². The van der Waals surface area contributed by atoms with Gasteiger partial charge >= 0.3 is 5.69 Å². The van der Waals surface area contributed by atoms with Gasteiger partial charge in [0.1, 0.15) is 5.69 Å². The Hall–Kier alpha value is -1.67. The molecule has 2 bridgehead atoms. The van der Waals surface area contributed by atoms with Gasteiger partial charge < -0.3 is 5.73 Å². The Balaban J connectivity index is 1.92. The Kier molecular flexibility index (Phi) is 3.37. The first-order chi connectivity index (χ1) is 9.88. The third-order valence-electron chi connectivity index (χ3n) is 4.55. The molecule has 114 valence electrons. The van der Waals surface area contributed by atoms with Gasteiger partial charge in [0.05, 0.1) is 4.92 Å². The summed E-state index contributed by atoms with van der Waals surface area (Å²) < 4.78 is 27.6. The summed E-state index contributed by atoms with van der Waals surface area (Å²) in [6.45, 7) is 0. The van der Waals surface area contributed by atoms with Crippen LogP contribution in [-0.2, 0) is 10.0 Å². The normalized spacial score (nSPS) is 27.9. The summed E-state index contributed by atoms with van der Waals surface area (Å²) in [6, 6.07) is 3.85. The predicted molar refractivity (Wildman–Crippen MR) is 77.1 cm³/mol. The zero-order valence-electron chi connectivity index (χ0n) is 11.4. The number of rotatable bonds is 4. The van der Waals surface area contributed by atoms with E-state index in [0.29, 0.717) is 11.8 Å². The molecule has 21 heavy (non-hydrogen) atoms. The van der Waals surface area contributed by atoms with Crippen molar-refractivity contribution in [3.63, 3.8) is 0 Å². The van der Waals surface area contributed by atoms with Gasteiger partial charge in [0.25, 0.3) is 0 Å². The zero-order valence-corrected chi connectivity index (χ0v) is 12.2. The van der Waals surface area contributed by atoms with Crippen LogP contribution in [0.5, 0.6) is 0 Å². The van der Waals surface area contributed by atoms with Crippen molar-refractivity contribution in [2.45, 2.75) is 36.6 Å². The number of nitrogen functional groups attached to an aromatic ring is 1. The maximum atomic E-state index is 12.5. The molecule has 0 aromatic heterocycles. The largest absolute Gasteiger partial charge is 0.393 e. The first-order valence-corrected chi connectivity index (χ1v) is 8.42. The Morgan fingerprint density at radius 2 is 2.05 bits per heavy atom. The summed E-state index contributed by atoms with van der Waals surface area (Å²) in [5, 5.41) is 11.1. The molecule has 3 unspecified atom stereocenters. The fraction of sp³-hybridized carbons (Fsp3) is 0.538. The number of nitro benzene ring substituents is 1. The molecule has 2 saturated carbocycles. The van der Waals surface area contributed by atoms with Gasteiger partial charge in [0, 0.05) is 6.04 Å². The molecule has 1 aromatic rings. The molecule has 3 atom stereocenters. The van der Waals surface area contributed by atoms with Crippen LogP contribution in [0.4, 0.5) is 11.4 Å². The molecule has 3 rings (SSSR count). The number of nitrogens with zero attached hydrogens (tertiary/aromatic N) is 1. The molecule has 2 fully saturated rings. The van der Waals surface area contributed by atoms with E-state index in [1.165, 1.54) is 18.2 Å². The van der Waals surface area contributed by atoms with Crippen LogP contribution in [0.1, 0.15) is 25.7 Å². The molecule has 0 aliphatic heterocycles. The third kappa shape index (κ3) is 2.49. The quantitative estimate of drug-likeness (QED) is 0.498. The lowest BCUT2D eigenvalue weighted by atomic mass is 9.96. The zero-order chi connectivity index (χ0) is 15.2. The molecule has 0 heterocycles. The van der Waals surface area contributed by atoms with Gasteiger partial charge in [-0.25, -0.2) is 13.1 Å². The first kappa shape index (κ1) is 14.3. The van der Waals surface area contributed by atoms with E-state index < -0.39 is 20.6 Å². The molecule has 7 nitrogen and oxygen atoms in total. The minimum Gasteiger partial charge on any atom is -0.393 e. The minimum atomic E-state index is -3.94. The number of anilines is 1. The summed E-state index contributed by atoms with van der Waals surface area (Å²) in [7, 11) is -3.94. The second-order valence-electron chi connectivity index (χ2n) is 5.85. The molecule has 8 heteroatoms. The molecule has 0 spiro atoms. The van der Waals surface area contributed by atoms with Crippen molar-refractivity contribution in [3.8, 4) is 0 Å². The van der Waals surface area contributed by atoms with E-state index in [-0.39, 0.29) is 16.6 Å². The van der Waals surface area contributed by atoms with Gasteiger partial charge in [0.15, 0.2) is 4.90 Å². The van der Waals surface area contributed by atoms with Crippen molar-refractivity contribution in [1.82, 2.24) is 4.72 Å². The fourth-order valence-electron chi connectivity index (χ4n) is 3.60. The van der Waals surface area contributed by atoms with Crippen LogP contribution in [0, 0.1) is 22.0 Å². The van der Waals surface area contributed by atoms with E-state index in [9.17, 15) is 18.5 Å². The molecule has 3 N–H and O–H groups in total. The lowest BCUT2D eigenvalue weighted by Gasteiger charge is -2.22. The smallest absolute Gasteiger partial charge is 0.312 e. The average Bonchev–Trinajstić information content (AvgIpc) is 2.99. The Morgan fingerprint density at radius 3 is 2.62 bits per heavy atom. The number of hydrogen-bond donors (Lipinski definition) is 2. The summed E-state index contributed by atoms with van der Waals surface area (Å²) in [5.74, 6) is 0.934. The number of nitrogens with two attached hydrogens (primary N) is 1. The van der Waals surface area contributed by atoms with Crippen LogP contribution in [0.2, 0.25) is 0 Å². The monoisotopic (exact) mass is 311 g/mol. The Labute approximate surface area is 122 Å². The van der Waals surface area contributed by atoms with E-state index in [1.54, 1.807) is 0 Å². The van der Waals surface area contributed by atoms with Crippen LogP contribution in [-0.4, -0.2) is 19.4 Å². The highest BCUT2D eigenvalue weighted by Crippen LogP contribution is 2.45. The molecular formula is C13H17N3O4S. The summed E-state index contributed by atoms with van der Waals surface area (Å²) in [4.78, 5) is 9.99. The molecule has 0 amide bonds. The highest BCUT2D eigenvalue weighted by atomic mass is 32.2. The van der Waals surface area contributed by atoms with Crippen molar-refractivity contribution < 1.29 is 13.3 Å². The van der Waals surface area contributed by atoms with E-state index in [1.807, 2.05) is 0 Å². The van der Waals surface area contributed by atoms with E-state index in [4.69, 9.17) is 5.73 Å². The molecule has 2 aliphatic carbocycles. The van der Waals surface area contributed by atoms with E-state index >= 15 is 0 Å². The maximum Gasteiger partial charge on any atom is 0.312 e. The lowest BCUT2D eigenvalue weighted by molar-refractivity contribution is -0.386. The first-order valence-electron chi connectivity index (χ1n) is 6.93.